The van der Waals surface area contributed by atoms with E-state index in [1.807, 2.05) is 0 Å². The van der Waals surface area contributed by atoms with Gasteiger partial charge in [0.15, 0.2) is 4.80 Å². The molecule has 0 saturated heterocycles. The third kappa shape index (κ3) is 3.17. The lowest BCUT2D eigenvalue weighted by molar-refractivity contribution is -0.119. The molecule has 0 N–H and O–H groups in total. The summed E-state index contributed by atoms with van der Waals surface area (Å²) in [6, 6.07) is 4.30. The lowest BCUT2D eigenvalue weighted by Gasteiger charge is -2.12. The Morgan fingerprint density at radius 3 is 2.87 bits per heavy atom. The van der Waals surface area contributed by atoms with Crippen LogP contribution in [0.2, 0.25) is 0 Å². The number of carbonyl (C=O) groups excluding carboxylic acids is 1. The fourth-order valence-corrected chi connectivity index (χ4v) is 3.76. The van der Waals surface area contributed by atoms with E-state index < -0.39 is 5.91 Å². The summed E-state index contributed by atoms with van der Waals surface area (Å²) in [7, 11) is 0. The Hall–Kier alpha value is -2.08. The normalized spacial score (nSPS) is 15.3. The van der Waals surface area contributed by atoms with E-state index in [-0.39, 0.29) is 5.76 Å². The average Bonchev–Trinajstić information content (AvgIpc) is 2.87. The smallest absolute Gasteiger partial charge is 0.317 e. The monoisotopic (exact) mass is 332 g/mol. The molecular formula is C17H20N2O3S. The molecule has 1 amide bonds. The lowest BCUT2D eigenvalue weighted by Crippen LogP contribution is -2.20. The second-order valence-corrected chi connectivity index (χ2v) is 6.56. The molecule has 0 unspecified atom stereocenters. The zero-order valence-corrected chi connectivity index (χ0v) is 14.4. The summed E-state index contributed by atoms with van der Waals surface area (Å²) in [5.74, 6) is -0.222. The van der Waals surface area contributed by atoms with E-state index in [4.69, 9.17) is 9.47 Å². The number of amides is 1. The van der Waals surface area contributed by atoms with Crippen molar-refractivity contribution in [2.75, 3.05) is 13.2 Å². The second-order valence-electron chi connectivity index (χ2n) is 5.58. The van der Waals surface area contributed by atoms with Crippen molar-refractivity contribution in [1.82, 2.24) is 4.57 Å². The number of thiazole rings is 1. The summed E-state index contributed by atoms with van der Waals surface area (Å²) in [4.78, 5) is 17.3. The molecule has 0 aliphatic carbocycles. The molecule has 0 atom stereocenters. The molecule has 0 radical (unpaired) electrons. The van der Waals surface area contributed by atoms with Crippen molar-refractivity contribution in [2.24, 2.45) is 4.99 Å². The molecule has 122 valence electrons. The van der Waals surface area contributed by atoms with Crippen LogP contribution in [0.3, 0.4) is 0 Å². The quantitative estimate of drug-likeness (QED) is 0.868. The van der Waals surface area contributed by atoms with Crippen molar-refractivity contribution in [3.05, 3.63) is 40.1 Å². The fraction of sp³-hybridized carbons (Fsp3) is 0.412. The van der Waals surface area contributed by atoms with Crippen LogP contribution in [0.1, 0.15) is 24.5 Å². The van der Waals surface area contributed by atoms with E-state index in [2.05, 4.69) is 42.5 Å². The standard InChI is InChI=1S/C17H20N2O3S/c1-4-5-19-13-9-11(2)8-12(3)15(13)23-17(19)18-16(20)14-10-21-6-7-22-14/h8-10H,4-7H2,1-3H3. The van der Waals surface area contributed by atoms with Gasteiger partial charge in [0.05, 0.1) is 10.2 Å². The highest BCUT2D eigenvalue weighted by Gasteiger charge is 2.16. The molecule has 6 heteroatoms. The van der Waals surface area contributed by atoms with Crippen LogP contribution >= 0.6 is 11.3 Å². The number of benzene rings is 1. The number of rotatable bonds is 3. The number of hydrogen-bond acceptors (Lipinski definition) is 4. The minimum absolute atomic E-state index is 0.171. The summed E-state index contributed by atoms with van der Waals surface area (Å²) < 4.78 is 13.7. The fourth-order valence-electron chi connectivity index (χ4n) is 2.66. The van der Waals surface area contributed by atoms with Crippen molar-refractivity contribution >= 4 is 27.5 Å². The van der Waals surface area contributed by atoms with Gasteiger partial charge in [-0.25, -0.2) is 0 Å². The molecule has 23 heavy (non-hydrogen) atoms. The topological polar surface area (TPSA) is 52.8 Å². The molecule has 1 aromatic heterocycles. The predicted molar refractivity (Wildman–Crippen MR) is 90.1 cm³/mol. The third-order valence-corrected chi connectivity index (χ3v) is 4.85. The lowest BCUT2D eigenvalue weighted by atomic mass is 10.1. The molecule has 1 aliphatic heterocycles. The van der Waals surface area contributed by atoms with E-state index in [0.717, 1.165) is 18.5 Å². The van der Waals surface area contributed by atoms with Crippen molar-refractivity contribution in [3.8, 4) is 0 Å². The van der Waals surface area contributed by atoms with Crippen molar-refractivity contribution < 1.29 is 14.3 Å². The van der Waals surface area contributed by atoms with Crippen LogP contribution in [-0.2, 0) is 20.8 Å². The first kappa shape index (κ1) is 15.8. The first-order valence-corrected chi connectivity index (χ1v) is 8.56. The predicted octanol–water partition coefficient (Wildman–Crippen LogP) is 3.05. The van der Waals surface area contributed by atoms with E-state index in [0.29, 0.717) is 18.0 Å². The van der Waals surface area contributed by atoms with Gasteiger partial charge in [0.25, 0.3) is 0 Å². The van der Waals surface area contributed by atoms with Gasteiger partial charge in [-0.2, -0.15) is 4.99 Å². The highest BCUT2D eigenvalue weighted by atomic mass is 32.1. The Balaban J connectivity index is 2.14. The van der Waals surface area contributed by atoms with E-state index in [1.54, 1.807) is 11.3 Å². The van der Waals surface area contributed by atoms with Gasteiger partial charge in [-0.3, -0.25) is 4.79 Å². The van der Waals surface area contributed by atoms with Crippen LogP contribution < -0.4 is 4.80 Å². The Labute approximate surface area is 138 Å². The molecule has 2 heterocycles. The number of fused-ring (bicyclic) bond motifs is 1. The van der Waals surface area contributed by atoms with Gasteiger partial charge in [-0.15, -0.1) is 0 Å². The van der Waals surface area contributed by atoms with Gasteiger partial charge >= 0.3 is 5.91 Å². The van der Waals surface area contributed by atoms with Gasteiger partial charge < -0.3 is 14.0 Å². The summed E-state index contributed by atoms with van der Waals surface area (Å²) in [6.45, 7) is 7.96. The van der Waals surface area contributed by atoms with Gasteiger partial charge in [0, 0.05) is 6.54 Å². The number of hydrogen-bond donors (Lipinski definition) is 0. The highest BCUT2D eigenvalue weighted by molar-refractivity contribution is 7.16. The number of carbonyl (C=O) groups is 1. The molecule has 2 aromatic rings. The molecule has 3 rings (SSSR count). The van der Waals surface area contributed by atoms with Crippen LogP contribution in [0.25, 0.3) is 10.2 Å². The summed E-state index contributed by atoms with van der Waals surface area (Å²) in [6.07, 6.45) is 2.32. The Bertz CT molecular complexity index is 845. The molecule has 1 aliphatic rings. The van der Waals surface area contributed by atoms with Gasteiger partial charge in [-0.1, -0.05) is 24.3 Å². The Morgan fingerprint density at radius 1 is 1.35 bits per heavy atom. The molecule has 0 bridgehead atoms. The minimum Gasteiger partial charge on any atom is -0.494 e. The zero-order chi connectivity index (χ0) is 16.4. The maximum absolute atomic E-state index is 12.3. The van der Waals surface area contributed by atoms with Crippen LogP contribution in [-0.4, -0.2) is 23.7 Å². The largest absolute Gasteiger partial charge is 0.494 e. The van der Waals surface area contributed by atoms with Gasteiger partial charge in [0.1, 0.15) is 19.5 Å². The van der Waals surface area contributed by atoms with Gasteiger partial charge in [-0.05, 0) is 37.5 Å². The number of aryl methyl sites for hydroxylation is 3. The summed E-state index contributed by atoms with van der Waals surface area (Å²) in [5.41, 5.74) is 3.55. The van der Waals surface area contributed by atoms with E-state index >= 15 is 0 Å². The van der Waals surface area contributed by atoms with Crippen LogP contribution in [0, 0.1) is 13.8 Å². The number of nitrogens with zero attached hydrogens (tertiary/aromatic N) is 2. The first-order valence-electron chi connectivity index (χ1n) is 7.74. The average molecular weight is 332 g/mol. The van der Waals surface area contributed by atoms with Crippen molar-refractivity contribution in [2.45, 2.75) is 33.7 Å². The first-order chi connectivity index (χ1) is 11.1. The van der Waals surface area contributed by atoms with Crippen LogP contribution in [0.15, 0.2) is 29.1 Å². The summed E-state index contributed by atoms with van der Waals surface area (Å²) >= 11 is 1.54. The molecule has 1 aromatic carbocycles. The second kappa shape index (κ2) is 6.58. The third-order valence-electron chi connectivity index (χ3n) is 3.62. The molecule has 0 fully saturated rings. The number of aromatic nitrogens is 1. The minimum atomic E-state index is -0.393. The maximum Gasteiger partial charge on any atom is 0.317 e. The van der Waals surface area contributed by atoms with Crippen molar-refractivity contribution in [3.63, 3.8) is 0 Å². The molecule has 0 saturated carbocycles. The molecule has 0 spiro atoms. The highest BCUT2D eigenvalue weighted by Crippen LogP contribution is 2.23. The van der Waals surface area contributed by atoms with Crippen LogP contribution in [0.5, 0.6) is 0 Å². The molecular weight excluding hydrogens is 312 g/mol. The Kier molecular flexibility index (Phi) is 4.52. The Morgan fingerprint density at radius 2 is 2.17 bits per heavy atom. The zero-order valence-electron chi connectivity index (χ0n) is 13.6. The van der Waals surface area contributed by atoms with E-state index in [9.17, 15) is 4.79 Å². The van der Waals surface area contributed by atoms with Crippen molar-refractivity contribution in [1.29, 1.82) is 0 Å². The van der Waals surface area contributed by atoms with Crippen LogP contribution in [0.4, 0.5) is 0 Å². The SMILES string of the molecule is CCCn1c(=NC(=O)C2=COCCO2)sc2c(C)cc(C)cc21. The number of ether oxygens (including phenoxy) is 2. The maximum atomic E-state index is 12.3. The van der Waals surface area contributed by atoms with E-state index in [1.165, 1.54) is 22.1 Å². The van der Waals surface area contributed by atoms with Gasteiger partial charge in [0.2, 0.25) is 5.76 Å². The summed E-state index contributed by atoms with van der Waals surface area (Å²) in [5, 5.41) is 0. The molecule has 5 nitrogen and oxygen atoms in total.